The molecule has 0 aliphatic rings. The zero-order chi connectivity index (χ0) is 8.27. The Labute approximate surface area is 77.9 Å². The fourth-order valence-corrected chi connectivity index (χ4v) is 1.15. The molecule has 0 aliphatic heterocycles. The Balaban J connectivity index is 3.12. The molecule has 0 aromatic carbocycles. The van der Waals surface area contributed by atoms with Crippen LogP contribution in [0.3, 0.4) is 0 Å². The van der Waals surface area contributed by atoms with Crippen molar-refractivity contribution in [2.45, 2.75) is 0 Å². The van der Waals surface area contributed by atoms with Gasteiger partial charge < -0.3 is 0 Å². The quantitative estimate of drug-likeness (QED) is 0.582. The van der Waals surface area contributed by atoms with E-state index in [4.69, 9.17) is 0 Å². The van der Waals surface area contributed by atoms with Gasteiger partial charge in [0.2, 0.25) is 5.95 Å². The second-order valence-electron chi connectivity index (χ2n) is 1.85. The summed E-state index contributed by atoms with van der Waals surface area (Å²) >= 11 is 7.00. The third kappa shape index (κ3) is 2.31. The fraction of sp³-hybridized carbons (Fsp3) is 0. The molecular formula is C7H5BrFNS. The second-order valence-corrected chi connectivity index (χ2v) is 3.06. The molecule has 0 atom stereocenters. The first-order valence-electron chi connectivity index (χ1n) is 2.86. The van der Waals surface area contributed by atoms with Crippen LogP contribution in [0, 0.1) is 5.95 Å². The highest BCUT2D eigenvalue weighted by Gasteiger charge is 1.98. The van der Waals surface area contributed by atoms with Gasteiger partial charge in [0.15, 0.2) is 0 Å². The van der Waals surface area contributed by atoms with E-state index in [0.29, 0.717) is 5.56 Å². The van der Waals surface area contributed by atoms with Crippen LogP contribution in [-0.2, 0) is 0 Å². The van der Waals surface area contributed by atoms with Gasteiger partial charge in [0.1, 0.15) is 0 Å². The zero-order valence-electron chi connectivity index (χ0n) is 5.46. The minimum absolute atomic E-state index is 0.425. The van der Waals surface area contributed by atoms with Crippen LogP contribution in [0.2, 0.25) is 0 Å². The number of hydrogen-bond acceptors (Lipinski definition) is 2. The van der Waals surface area contributed by atoms with Crippen LogP contribution in [0.25, 0.3) is 6.08 Å². The van der Waals surface area contributed by atoms with Gasteiger partial charge in [-0.1, -0.05) is 0 Å². The predicted molar refractivity (Wildman–Crippen MR) is 49.9 cm³/mol. The van der Waals surface area contributed by atoms with E-state index < -0.39 is 5.95 Å². The Morgan fingerprint density at radius 2 is 2.36 bits per heavy atom. The van der Waals surface area contributed by atoms with Crippen molar-refractivity contribution in [1.82, 2.24) is 4.98 Å². The van der Waals surface area contributed by atoms with Gasteiger partial charge in [-0.3, -0.25) is 0 Å². The molecule has 1 heterocycles. The van der Waals surface area contributed by atoms with Gasteiger partial charge in [-0.05, 0) is 33.5 Å². The molecule has 0 spiro atoms. The summed E-state index contributed by atoms with van der Waals surface area (Å²) < 4.78 is 13.5. The van der Waals surface area contributed by atoms with Crippen molar-refractivity contribution in [3.8, 4) is 0 Å². The van der Waals surface area contributed by atoms with E-state index in [9.17, 15) is 4.39 Å². The maximum atomic E-state index is 12.7. The molecule has 0 N–H and O–H groups in total. The highest BCUT2D eigenvalue weighted by Crippen LogP contribution is 2.14. The Bertz CT molecular complexity index is 288. The monoisotopic (exact) mass is 233 g/mol. The lowest BCUT2D eigenvalue weighted by atomic mass is 10.3. The van der Waals surface area contributed by atoms with Crippen molar-refractivity contribution in [3.05, 3.63) is 33.7 Å². The molecule has 0 saturated heterocycles. The molecule has 0 unspecified atom stereocenters. The molecule has 0 saturated carbocycles. The maximum absolute atomic E-state index is 12.7. The normalized spacial score (nSPS) is 10.8. The van der Waals surface area contributed by atoms with Gasteiger partial charge >= 0.3 is 0 Å². The highest BCUT2D eigenvalue weighted by molar-refractivity contribution is 9.10. The minimum Gasteiger partial charge on any atom is -0.227 e. The predicted octanol–water partition coefficient (Wildman–Crippen LogP) is 2.88. The largest absolute Gasteiger partial charge is 0.227 e. The van der Waals surface area contributed by atoms with E-state index in [1.54, 1.807) is 6.07 Å². The van der Waals surface area contributed by atoms with Gasteiger partial charge in [0, 0.05) is 16.2 Å². The SMILES string of the molecule is Fc1ncc(Br)cc1/C=C/S. The van der Waals surface area contributed by atoms with Gasteiger partial charge in [0.05, 0.1) is 0 Å². The summed E-state index contributed by atoms with van der Waals surface area (Å²) in [6, 6.07) is 1.63. The van der Waals surface area contributed by atoms with Crippen LogP contribution >= 0.6 is 28.6 Å². The molecule has 0 radical (unpaired) electrons. The maximum Gasteiger partial charge on any atom is 0.220 e. The number of thiol groups is 1. The summed E-state index contributed by atoms with van der Waals surface area (Å²) in [6.07, 6.45) is 2.95. The van der Waals surface area contributed by atoms with Gasteiger partial charge in [0.25, 0.3) is 0 Å². The Morgan fingerprint density at radius 1 is 1.64 bits per heavy atom. The van der Waals surface area contributed by atoms with E-state index >= 15 is 0 Å². The molecule has 1 rings (SSSR count). The first-order valence-corrected chi connectivity index (χ1v) is 4.17. The molecule has 4 heteroatoms. The Hall–Kier alpha value is -0.350. The summed E-state index contributed by atoms with van der Waals surface area (Å²) in [5, 5.41) is 1.46. The third-order valence-electron chi connectivity index (χ3n) is 1.09. The van der Waals surface area contributed by atoms with Crippen LogP contribution in [0.4, 0.5) is 4.39 Å². The molecule has 58 valence electrons. The Kier molecular flexibility index (Phi) is 3.08. The second kappa shape index (κ2) is 3.88. The van der Waals surface area contributed by atoms with E-state index in [0.717, 1.165) is 4.47 Å². The van der Waals surface area contributed by atoms with Crippen LogP contribution in [-0.4, -0.2) is 4.98 Å². The molecule has 0 fully saturated rings. The van der Waals surface area contributed by atoms with Crippen LogP contribution in [0.5, 0.6) is 0 Å². The lowest BCUT2D eigenvalue weighted by Gasteiger charge is -1.94. The lowest BCUT2D eigenvalue weighted by Crippen LogP contribution is -1.86. The zero-order valence-corrected chi connectivity index (χ0v) is 7.94. The first kappa shape index (κ1) is 8.74. The van der Waals surface area contributed by atoms with Gasteiger partial charge in [-0.15, -0.1) is 0 Å². The number of halogens is 2. The van der Waals surface area contributed by atoms with Crippen molar-refractivity contribution in [1.29, 1.82) is 0 Å². The fourth-order valence-electron chi connectivity index (χ4n) is 0.635. The van der Waals surface area contributed by atoms with E-state index in [2.05, 4.69) is 33.5 Å². The van der Waals surface area contributed by atoms with Crippen LogP contribution in [0.1, 0.15) is 5.56 Å². The topological polar surface area (TPSA) is 12.9 Å². The number of rotatable bonds is 1. The number of pyridine rings is 1. The molecule has 0 amide bonds. The molecule has 1 aromatic rings. The summed E-state index contributed by atoms with van der Waals surface area (Å²) in [5.74, 6) is -0.488. The van der Waals surface area contributed by atoms with Crippen LogP contribution < -0.4 is 0 Å². The summed E-state index contributed by atoms with van der Waals surface area (Å²) in [6.45, 7) is 0. The highest BCUT2D eigenvalue weighted by atomic mass is 79.9. The van der Waals surface area contributed by atoms with Crippen molar-refractivity contribution >= 4 is 34.6 Å². The summed E-state index contributed by atoms with van der Waals surface area (Å²) in [7, 11) is 0. The third-order valence-corrected chi connectivity index (χ3v) is 1.67. The van der Waals surface area contributed by atoms with E-state index in [1.807, 2.05) is 0 Å². The molecule has 1 nitrogen and oxygen atoms in total. The summed E-state index contributed by atoms with van der Waals surface area (Å²) in [4.78, 5) is 3.50. The van der Waals surface area contributed by atoms with Gasteiger partial charge in [-0.25, -0.2) is 4.98 Å². The lowest BCUT2D eigenvalue weighted by molar-refractivity contribution is 0.580. The molecular weight excluding hydrogens is 229 g/mol. The molecule has 0 bridgehead atoms. The van der Waals surface area contributed by atoms with Crippen LogP contribution in [0.15, 0.2) is 22.1 Å². The van der Waals surface area contributed by atoms with Crippen molar-refractivity contribution < 1.29 is 4.39 Å². The van der Waals surface area contributed by atoms with E-state index in [1.165, 1.54) is 17.7 Å². The number of nitrogens with zero attached hydrogens (tertiary/aromatic N) is 1. The number of hydrogen-bond donors (Lipinski definition) is 1. The smallest absolute Gasteiger partial charge is 0.220 e. The molecule has 11 heavy (non-hydrogen) atoms. The summed E-state index contributed by atoms with van der Waals surface area (Å²) in [5.41, 5.74) is 0.425. The standard InChI is InChI=1S/C7H5BrFNS/c8-6-3-5(1-2-11)7(9)10-4-6/h1-4,11H/b2-1+. The first-order chi connectivity index (χ1) is 5.24. The average Bonchev–Trinajstić information content (AvgIpc) is 1.98. The van der Waals surface area contributed by atoms with Crippen molar-refractivity contribution in [2.24, 2.45) is 0 Å². The molecule has 1 aromatic heterocycles. The average molecular weight is 234 g/mol. The molecule has 0 aliphatic carbocycles. The van der Waals surface area contributed by atoms with Crippen molar-refractivity contribution in [3.63, 3.8) is 0 Å². The van der Waals surface area contributed by atoms with Gasteiger partial charge in [-0.2, -0.15) is 17.0 Å². The van der Waals surface area contributed by atoms with E-state index in [-0.39, 0.29) is 0 Å². The Morgan fingerprint density at radius 3 is 3.00 bits per heavy atom. The number of aromatic nitrogens is 1. The minimum atomic E-state index is -0.488. The van der Waals surface area contributed by atoms with Crippen molar-refractivity contribution in [2.75, 3.05) is 0 Å².